The molecule has 2 N–H and O–H groups in total. The van der Waals surface area contributed by atoms with Gasteiger partial charge in [-0.15, -0.1) is 24.0 Å². The van der Waals surface area contributed by atoms with Crippen LogP contribution in [0.15, 0.2) is 29.3 Å². The van der Waals surface area contributed by atoms with Crippen LogP contribution < -0.4 is 10.6 Å². The molecule has 1 amide bonds. The van der Waals surface area contributed by atoms with Crippen molar-refractivity contribution in [2.45, 2.75) is 58.9 Å². The van der Waals surface area contributed by atoms with Crippen molar-refractivity contribution in [3.8, 4) is 0 Å². The molecule has 1 fully saturated rings. The van der Waals surface area contributed by atoms with Gasteiger partial charge in [0.15, 0.2) is 5.96 Å². The Morgan fingerprint density at radius 1 is 1.30 bits per heavy atom. The van der Waals surface area contributed by atoms with E-state index in [1.54, 1.807) is 0 Å². The molecule has 1 atom stereocenters. The summed E-state index contributed by atoms with van der Waals surface area (Å²) in [5.41, 5.74) is 2.60. The second-order valence-electron chi connectivity index (χ2n) is 7.72. The molecule has 152 valence electrons. The van der Waals surface area contributed by atoms with E-state index in [2.05, 4.69) is 62.6 Å². The van der Waals surface area contributed by atoms with E-state index in [-0.39, 0.29) is 41.3 Å². The molecule has 1 saturated heterocycles. The van der Waals surface area contributed by atoms with Crippen LogP contribution >= 0.6 is 24.0 Å². The second kappa shape index (κ2) is 10.9. The Balaban J connectivity index is 0.00000364. The van der Waals surface area contributed by atoms with Gasteiger partial charge in [0, 0.05) is 37.5 Å². The Morgan fingerprint density at radius 3 is 2.63 bits per heavy atom. The van der Waals surface area contributed by atoms with Crippen LogP contribution in [-0.4, -0.2) is 49.0 Å². The minimum atomic E-state index is -0.0341. The minimum Gasteiger partial charge on any atom is -0.357 e. The molecule has 0 saturated carbocycles. The number of guanidine groups is 1. The quantitative estimate of drug-likeness (QED) is 0.368. The fourth-order valence-corrected chi connectivity index (χ4v) is 3.54. The summed E-state index contributed by atoms with van der Waals surface area (Å²) in [5, 5.41) is 6.85. The van der Waals surface area contributed by atoms with Crippen molar-refractivity contribution < 1.29 is 4.79 Å². The number of nitrogens with zero attached hydrogens (tertiary/aromatic N) is 2. The maximum Gasteiger partial charge on any atom is 0.222 e. The number of likely N-dealkylation sites (tertiary alicyclic amines) is 1. The number of benzene rings is 1. The van der Waals surface area contributed by atoms with Crippen LogP contribution in [0.1, 0.15) is 51.7 Å². The van der Waals surface area contributed by atoms with Crippen molar-refractivity contribution in [1.29, 1.82) is 0 Å². The molecule has 1 aliphatic heterocycles. The summed E-state index contributed by atoms with van der Waals surface area (Å²) in [6, 6.07) is 8.78. The number of halogens is 1. The first-order valence-corrected chi connectivity index (χ1v) is 9.76. The van der Waals surface area contributed by atoms with Crippen LogP contribution in [0.5, 0.6) is 0 Å². The number of rotatable bonds is 6. The molecular weight excluding hydrogens is 451 g/mol. The molecule has 1 unspecified atom stereocenters. The number of aryl methyl sites for hydroxylation is 1. The molecular formula is C21H35IN4O. The normalized spacial score (nSPS) is 17.4. The number of hydrogen-bond donors (Lipinski definition) is 2. The Hall–Kier alpha value is -1.31. The van der Waals surface area contributed by atoms with E-state index in [0.29, 0.717) is 13.0 Å². The van der Waals surface area contributed by atoms with Gasteiger partial charge in [-0.1, -0.05) is 45.0 Å². The zero-order valence-corrected chi connectivity index (χ0v) is 19.7. The Kier molecular flexibility index (Phi) is 9.56. The number of nitrogens with one attached hydrogen (secondary N) is 2. The predicted molar refractivity (Wildman–Crippen MR) is 124 cm³/mol. The molecule has 0 bridgehead atoms. The summed E-state index contributed by atoms with van der Waals surface area (Å²) in [6.45, 7) is 13.7. The Morgan fingerprint density at radius 2 is 2.00 bits per heavy atom. The van der Waals surface area contributed by atoms with Gasteiger partial charge in [-0.25, -0.2) is 0 Å². The molecule has 27 heavy (non-hydrogen) atoms. The summed E-state index contributed by atoms with van der Waals surface area (Å²) in [5.74, 6) is 1.07. The van der Waals surface area contributed by atoms with Gasteiger partial charge in [-0.05, 0) is 31.4 Å². The number of hydrogen-bond acceptors (Lipinski definition) is 2. The van der Waals surface area contributed by atoms with Crippen LogP contribution in [0.3, 0.4) is 0 Å². The molecule has 0 aromatic heterocycles. The van der Waals surface area contributed by atoms with Gasteiger partial charge < -0.3 is 15.5 Å². The van der Waals surface area contributed by atoms with E-state index >= 15 is 0 Å². The van der Waals surface area contributed by atoms with E-state index in [4.69, 9.17) is 4.99 Å². The molecule has 0 radical (unpaired) electrons. The monoisotopic (exact) mass is 486 g/mol. The van der Waals surface area contributed by atoms with Gasteiger partial charge in [0.1, 0.15) is 0 Å². The Bertz CT molecular complexity index is 645. The largest absolute Gasteiger partial charge is 0.357 e. The molecule has 1 aliphatic rings. The maximum atomic E-state index is 11.9. The molecule has 1 aromatic carbocycles. The molecule has 0 aliphatic carbocycles. The molecule has 6 heteroatoms. The zero-order chi connectivity index (χ0) is 19.2. The van der Waals surface area contributed by atoms with Crippen LogP contribution in [0.2, 0.25) is 0 Å². The van der Waals surface area contributed by atoms with Crippen molar-refractivity contribution in [3.63, 3.8) is 0 Å². The predicted octanol–water partition coefficient (Wildman–Crippen LogP) is 3.46. The van der Waals surface area contributed by atoms with Gasteiger partial charge >= 0.3 is 0 Å². The van der Waals surface area contributed by atoms with Crippen molar-refractivity contribution in [3.05, 3.63) is 35.4 Å². The molecule has 2 rings (SSSR count). The lowest BCUT2D eigenvalue weighted by molar-refractivity contribution is -0.129. The lowest BCUT2D eigenvalue weighted by atomic mass is 9.82. The third kappa shape index (κ3) is 6.66. The highest BCUT2D eigenvalue weighted by Crippen LogP contribution is 2.26. The zero-order valence-electron chi connectivity index (χ0n) is 17.3. The third-order valence-corrected chi connectivity index (χ3v) is 5.04. The molecule has 1 heterocycles. The van der Waals surface area contributed by atoms with Crippen molar-refractivity contribution in [2.24, 2.45) is 4.99 Å². The highest BCUT2D eigenvalue weighted by atomic mass is 127. The summed E-state index contributed by atoms with van der Waals surface area (Å²) < 4.78 is 0. The van der Waals surface area contributed by atoms with E-state index in [0.717, 1.165) is 32.0 Å². The number of aliphatic imine (C=N–C) groups is 1. The minimum absolute atomic E-state index is 0. The smallest absolute Gasteiger partial charge is 0.222 e. The average Bonchev–Trinajstić information content (AvgIpc) is 3.08. The highest BCUT2D eigenvalue weighted by molar-refractivity contribution is 14.0. The maximum absolute atomic E-state index is 11.9. The van der Waals surface area contributed by atoms with Crippen LogP contribution in [-0.2, 0) is 10.2 Å². The number of amides is 1. The lowest BCUT2D eigenvalue weighted by Crippen LogP contribution is -2.45. The van der Waals surface area contributed by atoms with E-state index in [1.807, 2.05) is 11.8 Å². The summed E-state index contributed by atoms with van der Waals surface area (Å²) in [7, 11) is 0. The molecule has 5 nitrogen and oxygen atoms in total. The second-order valence-corrected chi connectivity index (χ2v) is 7.72. The van der Waals surface area contributed by atoms with Gasteiger partial charge in [0.25, 0.3) is 0 Å². The van der Waals surface area contributed by atoms with Gasteiger partial charge in [-0.3, -0.25) is 9.79 Å². The topological polar surface area (TPSA) is 56.7 Å². The van der Waals surface area contributed by atoms with Crippen molar-refractivity contribution in [1.82, 2.24) is 15.5 Å². The van der Waals surface area contributed by atoms with E-state index < -0.39 is 0 Å². The summed E-state index contributed by atoms with van der Waals surface area (Å²) in [4.78, 5) is 18.7. The van der Waals surface area contributed by atoms with Crippen LogP contribution in [0.25, 0.3) is 0 Å². The first kappa shape index (κ1) is 23.7. The first-order chi connectivity index (χ1) is 12.4. The average molecular weight is 486 g/mol. The first-order valence-electron chi connectivity index (χ1n) is 9.76. The Labute approximate surface area is 181 Å². The number of carbonyl (C=O) groups is 1. The lowest BCUT2D eigenvalue weighted by Gasteiger charge is -2.26. The summed E-state index contributed by atoms with van der Waals surface area (Å²) >= 11 is 0. The van der Waals surface area contributed by atoms with Crippen molar-refractivity contribution in [2.75, 3.05) is 26.2 Å². The van der Waals surface area contributed by atoms with Gasteiger partial charge in [0.05, 0.1) is 6.54 Å². The SMILES string of the molecule is CCNC(=NCC(C)(C)c1ccccc1C)NC1CCN(C(=O)CC)C1.I. The highest BCUT2D eigenvalue weighted by Gasteiger charge is 2.26. The number of carbonyl (C=O) groups excluding carboxylic acids is 1. The fraction of sp³-hybridized carbons (Fsp3) is 0.619. The molecule has 0 spiro atoms. The summed E-state index contributed by atoms with van der Waals surface area (Å²) in [6.07, 6.45) is 1.54. The van der Waals surface area contributed by atoms with Crippen LogP contribution in [0.4, 0.5) is 0 Å². The van der Waals surface area contributed by atoms with E-state index in [1.165, 1.54) is 11.1 Å². The fourth-order valence-electron chi connectivity index (χ4n) is 3.54. The van der Waals surface area contributed by atoms with Gasteiger partial charge in [0.2, 0.25) is 5.91 Å². The van der Waals surface area contributed by atoms with Gasteiger partial charge in [-0.2, -0.15) is 0 Å². The molecule has 1 aromatic rings. The van der Waals surface area contributed by atoms with E-state index in [9.17, 15) is 4.79 Å². The third-order valence-electron chi connectivity index (χ3n) is 5.04. The van der Waals surface area contributed by atoms with Crippen LogP contribution in [0, 0.1) is 6.92 Å². The van der Waals surface area contributed by atoms with Crippen molar-refractivity contribution >= 4 is 35.8 Å². The standard InChI is InChI=1S/C21H34N4O.HI/c1-6-19(26)25-13-12-17(14-25)24-20(22-7-2)23-15-21(4,5)18-11-9-8-10-16(18)3;/h8-11,17H,6-7,12-15H2,1-5H3,(H2,22,23,24);1H.